The molecule has 0 N–H and O–H groups in total. The first-order valence-corrected chi connectivity index (χ1v) is 5.58. The average molecular weight is 247 g/mol. The molecule has 0 saturated heterocycles. The van der Waals surface area contributed by atoms with Crippen LogP contribution in [0.5, 0.6) is 0 Å². The summed E-state index contributed by atoms with van der Waals surface area (Å²) in [5.74, 6) is -0.855. The molecule has 0 aliphatic heterocycles. The van der Waals surface area contributed by atoms with Crippen LogP contribution < -0.4 is 0 Å². The number of hydrogen-bond donors (Lipinski definition) is 0. The zero-order valence-corrected chi connectivity index (χ0v) is 10.8. The van der Waals surface area contributed by atoms with Gasteiger partial charge in [-0.1, -0.05) is 30.3 Å². The van der Waals surface area contributed by atoms with E-state index in [1.54, 1.807) is 19.0 Å². The SMILES string of the molecule is COC(=O)C(=CN(C)C)C(=O)Cc1ccccc1. The van der Waals surface area contributed by atoms with E-state index >= 15 is 0 Å². The van der Waals surface area contributed by atoms with E-state index in [9.17, 15) is 9.59 Å². The number of ketones is 1. The van der Waals surface area contributed by atoms with Gasteiger partial charge < -0.3 is 9.64 Å². The summed E-state index contributed by atoms with van der Waals surface area (Å²) in [6.45, 7) is 0. The molecule has 0 atom stereocenters. The van der Waals surface area contributed by atoms with Crippen LogP contribution in [0.15, 0.2) is 42.1 Å². The molecular weight excluding hydrogens is 230 g/mol. The highest BCUT2D eigenvalue weighted by Crippen LogP contribution is 2.08. The maximum absolute atomic E-state index is 12.1. The van der Waals surface area contributed by atoms with Crippen LogP contribution in [-0.2, 0) is 20.7 Å². The van der Waals surface area contributed by atoms with Gasteiger partial charge in [0.15, 0.2) is 5.78 Å². The molecule has 4 heteroatoms. The Bertz CT molecular complexity index is 449. The molecule has 0 aromatic heterocycles. The summed E-state index contributed by atoms with van der Waals surface area (Å²) in [4.78, 5) is 25.2. The number of carbonyl (C=O) groups excluding carboxylic acids is 2. The Morgan fingerprint density at radius 1 is 1.22 bits per heavy atom. The predicted molar refractivity (Wildman–Crippen MR) is 68.9 cm³/mol. The number of methoxy groups -OCH3 is 1. The van der Waals surface area contributed by atoms with Gasteiger partial charge in [-0.05, 0) is 5.56 Å². The third kappa shape index (κ3) is 4.05. The second-order valence-electron chi connectivity index (χ2n) is 4.08. The van der Waals surface area contributed by atoms with E-state index < -0.39 is 5.97 Å². The Kier molecular flexibility index (Phi) is 5.11. The van der Waals surface area contributed by atoms with Crippen molar-refractivity contribution in [3.8, 4) is 0 Å². The molecule has 18 heavy (non-hydrogen) atoms. The molecule has 0 unspecified atom stereocenters. The van der Waals surface area contributed by atoms with Crippen LogP contribution in [-0.4, -0.2) is 37.9 Å². The maximum Gasteiger partial charge on any atom is 0.342 e. The fraction of sp³-hybridized carbons (Fsp3) is 0.286. The topological polar surface area (TPSA) is 46.6 Å². The quantitative estimate of drug-likeness (QED) is 0.342. The average Bonchev–Trinajstić information content (AvgIpc) is 2.36. The van der Waals surface area contributed by atoms with Crippen LogP contribution in [0.3, 0.4) is 0 Å². The van der Waals surface area contributed by atoms with Crippen molar-refractivity contribution in [2.45, 2.75) is 6.42 Å². The third-order valence-electron chi connectivity index (χ3n) is 2.30. The molecule has 0 heterocycles. The van der Waals surface area contributed by atoms with Crippen molar-refractivity contribution in [2.75, 3.05) is 21.2 Å². The number of ether oxygens (including phenoxy) is 1. The highest BCUT2D eigenvalue weighted by Gasteiger charge is 2.19. The minimum absolute atomic E-state index is 0.0614. The summed E-state index contributed by atoms with van der Waals surface area (Å²) in [5, 5.41) is 0. The van der Waals surface area contributed by atoms with Crippen LogP contribution in [0.4, 0.5) is 0 Å². The molecule has 0 spiro atoms. The number of rotatable bonds is 5. The molecule has 0 fully saturated rings. The first kappa shape index (κ1) is 14.0. The van der Waals surface area contributed by atoms with E-state index in [1.165, 1.54) is 13.3 Å². The largest absolute Gasteiger partial charge is 0.465 e. The summed E-state index contributed by atoms with van der Waals surface area (Å²) in [6.07, 6.45) is 1.67. The molecule has 0 aliphatic rings. The third-order valence-corrected chi connectivity index (χ3v) is 2.30. The Morgan fingerprint density at radius 3 is 2.33 bits per heavy atom. The van der Waals surface area contributed by atoms with E-state index in [1.807, 2.05) is 30.3 Å². The minimum atomic E-state index is -0.607. The number of nitrogens with zero attached hydrogens (tertiary/aromatic N) is 1. The lowest BCUT2D eigenvalue weighted by atomic mass is 10.0. The molecule has 0 amide bonds. The summed E-state index contributed by atoms with van der Waals surface area (Å²) in [6, 6.07) is 9.29. The number of benzene rings is 1. The van der Waals surface area contributed by atoms with Gasteiger partial charge in [0.1, 0.15) is 5.57 Å². The molecule has 96 valence electrons. The fourth-order valence-electron chi connectivity index (χ4n) is 1.48. The fourth-order valence-corrected chi connectivity index (χ4v) is 1.48. The first-order valence-electron chi connectivity index (χ1n) is 5.58. The molecular formula is C14H17NO3. The van der Waals surface area contributed by atoms with Gasteiger partial charge in [-0.15, -0.1) is 0 Å². The van der Waals surface area contributed by atoms with Crippen LogP contribution in [0.25, 0.3) is 0 Å². The van der Waals surface area contributed by atoms with E-state index in [-0.39, 0.29) is 17.8 Å². The van der Waals surface area contributed by atoms with Gasteiger partial charge >= 0.3 is 5.97 Å². The van der Waals surface area contributed by atoms with Crippen molar-refractivity contribution in [3.63, 3.8) is 0 Å². The Labute approximate surface area is 107 Å². The summed E-state index contributed by atoms with van der Waals surface area (Å²) in [5.41, 5.74) is 0.933. The van der Waals surface area contributed by atoms with Crippen molar-refractivity contribution in [2.24, 2.45) is 0 Å². The minimum Gasteiger partial charge on any atom is -0.465 e. The van der Waals surface area contributed by atoms with Gasteiger partial charge in [-0.2, -0.15) is 0 Å². The summed E-state index contributed by atoms with van der Waals surface area (Å²) in [7, 11) is 4.76. The van der Waals surface area contributed by atoms with Crippen LogP contribution >= 0.6 is 0 Å². The molecule has 0 saturated carbocycles. The molecule has 0 radical (unpaired) electrons. The lowest BCUT2D eigenvalue weighted by molar-refractivity contribution is -0.137. The second kappa shape index (κ2) is 6.59. The zero-order valence-electron chi connectivity index (χ0n) is 10.8. The second-order valence-corrected chi connectivity index (χ2v) is 4.08. The van der Waals surface area contributed by atoms with E-state index in [2.05, 4.69) is 4.74 Å². The van der Waals surface area contributed by atoms with Crippen molar-refractivity contribution in [3.05, 3.63) is 47.7 Å². The van der Waals surface area contributed by atoms with Crippen molar-refractivity contribution in [1.29, 1.82) is 0 Å². The lowest BCUT2D eigenvalue weighted by Gasteiger charge is -2.09. The van der Waals surface area contributed by atoms with Gasteiger partial charge in [0.05, 0.1) is 7.11 Å². The molecule has 4 nitrogen and oxygen atoms in total. The van der Waals surface area contributed by atoms with Gasteiger partial charge in [-0.3, -0.25) is 4.79 Å². The van der Waals surface area contributed by atoms with E-state index in [4.69, 9.17) is 0 Å². The van der Waals surface area contributed by atoms with Gasteiger partial charge in [0, 0.05) is 26.7 Å². The normalized spacial score (nSPS) is 10.9. The van der Waals surface area contributed by atoms with Crippen LogP contribution in [0.2, 0.25) is 0 Å². The van der Waals surface area contributed by atoms with Crippen LogP contribution in [0.1, 0.15) is 5.56 Å². The number of hydrogen-bond acceptors (Lipinski definition) is 4. The standard InChI is InChI=1S/C14H17NO3/c1-15(2)10-12(14(17)18-3)13(16)9-11-7-5-4-6-8-11/h4-8,10H,9H2,1-3H3. The molecule has 1 rings (SSSR count). The smallest absolute Gasteiger partial charge is 0.342 e. The first-order chi connectivity index (χ1) is 8.54. The summed E-state index contributed by atoms with van der Waals surface area (Å²) < 4.78 is 4.62. The number of Topliss-reactive ketones (excluding diaryl/α,β-unsaturated/α-hetero) is 1. The van der Waals surface area contributed by atoms with Crippen LogP contribution in [0, 0.1) is 0 Å². The Balaban J connectivity index is 2.87. The van der Waals surface area contributed by atoms with Crippen molar-refractivity contribution in [1.82, 2.24) is 4.90 Å². The Morgan fingerprint density at radius 2 is 1.83 bits per heavy atom. The molecule has 1 aromatic rings. The van der Waals surface area contributed by atoms with Gasteiger partial charge in [0.25, 0.3) is 0 Å². The lowest BCUT2D eigenvalue weighted by Crippen LogP contribution is -2.19. The highest BCUT2D eigenvalue weighted by atomic mass is 16.5. The Hall–Kier alpha value is -2.10. The molecule has 0 aliphatic carbocycles. The van der Waals surface area contributed by atoms with Crippen molar-refractivity contribution < 1.29 is 14.3 Å². The van der Waals surface area contributed by atoms with E-state index in [0.29, 0.717) is 0 Å². The molecule has 0 bridgehead atoms. The molecule has 1 aromatic carbocycles. The van der Waals surface area contributed by atoms with Gasteiger partial charge in [-0.25, -0.2) is 4.79 Å². The maximum atomic E-state index is 12.1. The van der Waals surface area contributed by atoms with Gasteiger partial charge in [0.2, 0.25) is 0 Å². The van der Waals surface area contributed by atoms with E-state index in [0.717, 1.165) is 5.56 Å². The summed E-state index contributed by atoms with van der Waals surface area (Å²) >= 11 is 0. The zero-order chi connectivity index (χ0) is 13.5. The predicted octanol–water partition coefficient (Wildman–Crippen LogP) is 1.42. The number of carbonyl (C=O) groups is 2. The monoisotopic (exact) mass is 247 g/mol. The highest BCUT2D eigenvalue weighted by molar-refractivity contribution is 6.17. The van der Waals surface area contributed by atoms with Crippen molar-refractivity contribution >= 4 is 11.8 Å². The number of esters is 1.